The van der Waals surface area contributed by atoms with Gasteiger partial charge < -0.3 is 10.1 Å². The van der Waals surface area contributed by atoms with E-state index in [2.05, 4.69) is 10.1 Å². The second kappa shape index (κ2) is 3.97. The first-order valence-corrected chi connectivity index (χ1v) is 6.00. The van der Waals surface area contributed by atoms with Crippen molar-refractivity contribution >= 4 is 17.0 Å². The average Bonchev–Trinajstić information content (AvgIpc) is 2.96. The summed E-state index contributed by atoms with van der Waals surface area (Å²) in [5, 5.41) is 13.5. The van der Waals surface area contributed by atoms with E-state index in [0.717, 1.165) is 12.8 Å². The zero-order valence-corrected chi connectivity index (χ0v) is 9.72. The van der Waals surface area contributed by atoms with Gasteiger partial charge in [-0.25, -0.2) is 9.48 Å². The molecule has 18 heavy (non-hydrogen) atoms. The molecule has 94 valence electrons. The molecule has 1 fully saturated rings. The number of carboxylic acids is 1. The van der Waals surface area contributed by atoms with Crippen molar-refractivity contribution in [1.82, 2.24) is 14.8 Å². The Balaban J connectivity index is 2.18. The highest BCUT2D eigenvalue weighted by Gasteiger charge is 2.21. The van der Waals surface area contributed by atoms with Crippen LogP contribution in [0.25, 0.3) is 11.0 Å². The number of fused-ring (bicyclic) bond motifs is 1. The quantitative estimate of drug-likeness (QED) is 0.842. The molecule has 0 unspecified atom stereocenters. The van der Waals surface area contributed by atoms with Crippen molar-refractivity contribution in [3.05, 3.63) is 28.2 Å². The SMILES string of the molecule is O=C(O)c1c[nH]c2c(cnn2C2CCCC2)c1=O. The fourth-order valence-electron chi connectivity index (χ4n) is 2.61. The Morgan fingerprint density at radius 1 is 1.44 bits per heavy atom. The normalized spacial score (nSPS) is 16.4. The molecule has 2 aromatic heterocycles. The minimum Gasteiger partial charge on any atom is -0.477 e. The third-order valence-corrected chi connectivity index (χ3v) is 3.54. The van der Waals surface area contributed by atoms with Crippen LogP contribution >= 0.6 is 0 Å². The van der Waals surface area contributed by atoms with Crippen LogP contribution in [0.2, 0.25) is 0 Å². The van der Waals surface area contributed by atoms with E-state index in [4.69, 9.17) is 5.11 Å². The van der Waals surface area contributed by atoms with Gasteiger partial charge in [-0.15, -0.1) is 0 Å². The molecule has 0 aromatic carbocycles. The van der Waals surface area contributed by atoms with Gasteiger partial charge in [-0.1, -0.05) is 12.8 Å². The highest BCUT2D eigenvalue weighted by Crippen LogP contribution is 2.30. The molecule has 2 heterocycles. The smallest absolute Gasteiger partial charge is 0.341 e. The predicted octanol–water partition coefficient (Wildman–Crippen LogP) is 1.54. The molecule has 2 aromatic rings. The van der Waals surface area contributed by atoms with Crippen LogP contribution in [-0.4, -0.2) is 25.8 Å². The van der Waals surface area contributed by atoms with E-state index in [1.165, 1.54) is 25.2 Å². The second-order valence-corrected chi connectivity index (χ2v) is 4.63. The lowest BCUT2D eigenvalue weighted by molar-refractivity contribution is 0.0695. The lowest BCUT2D eigenvalue weighted by Gasteiger charge is -2.10. The Morgan fingerprint density at radius 2 is 2.17 bits per heavy atom. The molecule has 0 radical (unpaired) electrons. The minimum absolute atomic E-state index is 0.242. The summed E-state index contributed by atoms with van der Waals surface area (Å²) >= 11 is 0. The van der Waals surface area contributed by atoms with E-state index in [-0.39, 0.29) is 5.56 Å². The zero-order valence-electron chi connectivity index (χ0n) is 9.72. The molecule has 3 rings (SSSR count). The third-order valence-electron chi connectivity index (χ3n) is 3.54. The highest BCUT2D eigenvalue weighted by atomic mass is 16.4. The van der Waals surface area contributed by atoms with Gasteiger partial charge in [-0.2, -0.15) is 5.10 Å². The topological polar surface area (TPSA) is 88.0 Å². The minimum atomic E-state index is -1.22. The Bertz CT molecular complexity index is 665. The number of carboxylic acid groups (broad SMARTS) is 1. The lowest BCUT2D eigenvalue weighted by atomic mass is 10.2. The number of nitrogens with one attached hydrogen (secondary N) is 1. The first-order chi connectivity index (χ1) is 8.68. The molecule has 6 heteroatoms. The number of aromatic nitrogens is 3. The molecule has 1 saturated carbocycles. The standard InChI is InChI=1S/C12H13N3O3/c16-10-8-6-14-15(7-3-1-2-4-7)11(8)13-5-9(10)12(17)18/h5-7H,1-4H2,(H,13,16)(H,17,18). The summed E-state index contributed by atoms with van der Waals surface area (Å²) in [6.07, 6.45) is 7.16. The molecule has 0 bridgehead atoms. The predicted molar refractivity (Wildman–Crippen MR) is 64.8 cm³/mol. The number of pyridine rings is 1. The Hall–Kier alpha value is -2.11. The molecule has 1 aliphatic rings. The van der Waals surface area contributed by atoms with Crippen LogP contribution in [0.1, 0.15) is 42.1 Å². The molecule has 6 nitrogen and oxygen atoms in total. The summed E-state index contributed by atoms with van der Waals surface area (Å²) in [6, 6.07) is 0.314. The molecule has 1 aliphatic carbocycles. The number of H-pyrrole nitrogens is 1. The Labute approximate surface area is 102 Å². The van der Waals surface area contributed by atoms with Gasteiger partial charge in [0.25, 0.3) is 0 Å². The van der Waals surface area contributed by atoms with Gasteiger partial charge in [0.2, 0.25) is 5.43 Å². The van der Waals surface area contributed by atoms with Crippen molar-refractivity contribution in [3.8, 4) is 0 Å². The zero-order chi connectivity index (χ0) is 12.7. The summed E-state index contributed by atoms with van der Waals surface area (Å²) in [4.78, 5) is 25.7. The summed E-state index contributed by atoms with van der Waals surface area (Å²) in [5.74, 6) is -1.22. The van der Waals surface area contributed by atoms with Gasteiger partial charge in [0.15, 0.2) is 0 Å². The van der Waals surface area contributed by atoms with Crippen molar-refractivity contribution in [3.63, 3.8) is 0 Å². The summed E-state index contributed by atoms with van der Waals surface area (Å²) < 4.78 is 1.81. The van der Waals surface area contributed by atoms with Crippen molar-refractivity contribution in [2.24, 2.45) is 0 Å². The Kier molecular flexibility index (Phi) is 2.43. The first kappa shape index (κ1) is 11.0. The van der Waals surface area contributed by atoms with Crippen LogP contribution in [-0.2, 0) is 0 Å². The van der Waals surface area contributed by atoms with E-state index >= 15 is 0 Å². The van der Waals surface area contributed by atoms with E-state index in [0.29, 0.717) is 17.1 Å². The van der Waals surface area contributed by atoms with Crippen LogP contribution < -0.4 is 5.43 Å². The molecule has 0 amide bonds. The van der Waals surface area contributed by atoms with Crippen LogP contribution in [0, 0.1) is 0 Å². The number of aromatic amines is 1. The molecular weight excluding hydrogens is 234 g/mol. The highest BCUT2D eigenvalue weighted by molar-refractivity contribution is 5.91. The number of carbonyl (C=O) groups is 1. The van der Waals surface area contributed by atoms with Crippen molar-refractivity contribution in [1.29, 1.82) is 0 Å². The largest absolute Gasteiger partial charge is 0.477 e. The number of rotatable bonds is 2. The monoisotopic (exact) mass is 247 g/mol. The van der Waals surface area contributed by atoms with E-state index in [9.17, 15) is 9.59 Å². The molecule has 0 aliphatic heterocycles. The van der Waals surface area contributed by atoms with Crippen LogP contribution in [0.4, 0.5) is 0 Å². The summed E-state index contributed by atoms with van der Waals surface area (Å²) in [5.41, 5.74) is -0.0918. The molecule has 2 N–H and O–H groups in total. The maximum atomic E-state index is 11.9. The van der Waals surface area contributed by atoms with Gasteiger partial charge in [-0.3, -0.25) is 4.79 Å². The van der Waals surface area contributed by atoms with Gasteiger partial charge in [0.1, 0.15) is 11.2 Å². The first-order valence-electron chi connectivity index (χ1n) is 6.00. The fraction of sp³-hybridized carbons (Fsp3) is 0.417. The molecular formula is C12H13N3O3. The summed E-state index contributed by atoms with van der Waals surface area (Å²) in [7, 11) is 0. The molecule has 0 spiro atoms. The Morgan fingerprint density at radius 3 is 2.83 bits per heavy atom. The number of nitrogens with zero attached hydrogens (tertiary/aromatic N) is 2. The number of hydrogen-bond donors (Lipinski definition) is 2. The van der Waals surface area contributed by atoms with Gasteiger partial charge >= 0.3 is 5.97 Å². The van der Waals surface area contributed by atoms with Gasteiger partial charge in [-0.05, 0) is 12.8 Å². The molecule has 0 saturated heterocycles. The second-order valence-electron chi connectivity index (χ2n) is 4.63. The maximum absolute atomic E-state index is 11.9. The summed E-state index contributed by atoms with van der Waals surface area (Å²) in [6.45, 7) is 0. The van der Waals surface area contributed by atoms with Gasteiger partial charge in [0.05, 0.1) is 17.6 Å². The van der Waals surface area contributed by atoms with Crippen molar-refractivity contribution < 1.29 is 9.90 Å². The lowest BCUT2D eigenvalue weighted by Crippen LogP contribution is -2.16. The van der Waals surface area contributed by atoms with Crippen molar-refractivity contribution in [2.45, 2.75) is 31.7 Å². The van der Waals surface area contributed by atoms with Crippen LogP contribution in [0.5, 0.6) is 0 Å². The fourth-order valence-corrected chi connectivity index (χ4v) is 2.61. The third kappa shape index (κ3) is 1.53. The van der Waals surface area contributed by atoms with E-state index in [1.807, 2.05) is 4.68 Å². The van der Waals surface area contributed by atoms with Crippen LogP contribution in [0.15, 0.2) is 17.2 Å². The van der Waals surface area contributed by atoms with E-state index in [1.54, 1.807) is 0 Å². The van der Waals surface area contributed by atoms with Crippen LogP contribution in [0.3, 0.4) is 0 Å². The van der Waals surface area contributed by atoms with Crippen molar-refractivity contribution in [2.75, 3.05) is 0 Å². The maximum Gasteiger partial charge on any atom is 0.341 e. The van der Waals surface area contributed by atoms with Gasteiger partial charge in [0, 0.05) is 6.20 Å². The average molecular weight is 247 g/mol. The molecule has 0 atom stereocenters. The number of aromatic carboxylic acids is 1. The number of hydrogen-bond acceptors (Lipinski definition) is 3. The van der Waals surface area contributed by atoms with E-state index < -0.39 is 11.4 Å².